The second-order valence-electron chi connectivity index (χ2n) is 7.09. The minimum absolute atomic E-state index is 0.0192. The number of alkyl halides is 3. The number of benzene rings is 1. The van der Waals surface area contributed by atoms with Gasteiger partial charge in [0.15, 0.2) is 0 Å². The lowest BCUT2D eigenvalue weighted by atomic mass is 9.98. The summed E-state index contributed by atoms with van der Waals surface area (Å²) in [5.41, 5.74) is 8.42. The minimum atomic E-state index is -4.37. The first-order valence-electron chi connectivity index (χ1n) is 9.35. The highest BCUT2D eigenvalue weighted by molar-refractivity contribution is 5.66. The summed E-state index contributed by atoms with van der Waals surface area (Å²) in [5, 5.41) is 0. The van der Waals surface area contributed by atoms with Gasteiger partial charge in [-0.3, -0.25) is 9.88 Å². The van der Waals surface area contributed by atoms with Crippen LogP contribution < -0.4 is 5.73 Å². The molecule has 5 nitrogen and oxygen atoms in total. The van der Waals surface area contributed by atoms with Crippen molar-refractivity contribution in [2.45, 2.75) is 31.6 Å². The van der Waals surface area contributed by atoms with Crippen molar-refractivity contribution in [1.82, 2.24) is 19.9 Å². The van der Waals surface area contributed by atoms with Gasteiger partial charge in [-0.15, -0.1) is 0 Å². The van der Waals surface area contributed by atoms with E-state index < -0.39 is 11.7 Å². The van der Waals surface area contributed by atoms with Crippen LogP contribution in [0.1, 0.15) is 35.7 Å². The van der Waals surface area contributed by atoms with Crippen molar-refractivity contribution in [1.29, 1.82) is 0 Å². The summed E-state index contributed by atoms with van der Waals surface area (Å²) >= 11 is 0. The highest BCUT2D eigenvalue weighted by atomic mass is 19.4. The molecule has 3 aromatic rings. The number of nitrogens with two attached hydrogens (primary N) is 1. The Kier molecular flexibility index (Phi) is 5.19. The van der Waals surface area contributed by atoms with Gasteiger partial charge in [0.05, 0.1) is 17.3 Å². The third-order valence-electron chi connectivity index (χ3n) is 5.17. The molecule has 150 valence electrons. The zero-order chi connectivity index (χ0) is 20.4. The number of hydrogen-bond donors (Lipinski definition) is 1. The van der Waals surface area contributed by atoms with Gasteiger partial charge in [0.1, 0.15) is 0 Å². The van der Waals surface area contributed by atoms with Gasteiger partial charge in [-0.25, -0.2) is 9.97 Å². The topological polar surface area (TPSA) is 67.9 Å². The summed E-state index contributed by atoms with van der Waals surface area (Å²) < 4.78 is 38.7. The van der Waals surface area contributed by atoms with Crippen molar-refractivity contribution < 1.29 is 13.2 Å². The zero-order valence-corrected chi connectivity index (χ0v) is 15.6. The molecule has 1 aromatic carbocycles. The minimum Gasteiger partial charge on any atom is -0.368 e. The van der Waals surface area contributed by atoms with E-state index in [4.69, 9.17) is 5.73 Å². The molecule has 1 aliphatic rings. The maximum absolute atomic E-state index is 12.9. The van der Waals surface area contributed by atoms with Gasteiger partial charge in [0.25, 0.3) is 0 Å². The van der Waals surface area contributed by atoms with E-state index >= 15 is 0 Å². The number of pyridine rings is 1. The molecule has 2 N–H and O–H groups in total. The molecule has 0 spiro atoms. The van der Waals surface area contributed by atoms with E-state index in [1.165, 1.54) is 12.1 Å². The third kappa shape index (κ3) is 4.22. The summed E-state index contributed by atoms with van der Waals surface area (Å²) in [6.07, 6.45) is 2.66. The average Bonchev–Trinajstić information content (AvgIpc) is 3.16. The zero-order valence-electron chi connectivity index (χ0n) is 15.6. The van der Waals surface area contributed by atoms with Crippen LogP contribution >= 0.6 is 0 Å². The molecule has 1 fully saturated rings. The Balaban J connectivity index is 1.68. The molecule has 0 aliphatic carbocycles. The van der Waals surface area contributed by atoms with Crippen LogP contribution in [-0.4, -0.2) is 26.4 Å². The fraction of sp³-hybridized carbons (Fsp3) is 0.286. The largest absolute Gasteiger partial charge is 0.416 e. The van der Waals surface area contributed by atoms with Crippen LogP contribution in [0.25, 0.3) is 11.1 Å². The molecule has 29 heavy (non-hydrogen) atoms. The summed E-state index contributed by atoms with van der Waals surface area (Å²) in [4.78, 5) is 14.9. The highest BCUT2D eigenvalue weighted by Crippen LogP contribution is 2.38. The number of anilines is 1. The van der Waals surface area contributed by atoms with Gasteiger partial charge in [-0.05, 0) is 54.8 Å². The van der Waals surface area contributed by atoms with Crippen molar-refractivity contribution >= 4 is 5.95 Å². The van der Waals surface area contributed by atoms with E-state index in [1.54, 1.807) is 18.6 Å². The van der Waals surface area contributed by atoms with E-state index in [2.05, 4.69) is 19.9 Å². The fourth-order valence-electron chi connectivity index (χ4n) is 3.77. The van der Waals surface area contributed by atoms with Crippen molar-refractivity contribution in [2.24, 2.45) is 0 Å². The first kappa shape index (κ1) is 19.3. The van der Waals surface area contributed by atoms with Crippen molar-refractivity contribution in [2.75, 3.05) is 12.3 Å². The Bertz CT molecular complexity index is 974. The average molecular weight is 399 g/mol. The first-order chi connectivity index (χ1) is 13.9. The number of hydrogen-bond acceptors (Lipinski definition) is 5. The number of nitrogens with zero attached hydrogens (tertiary/aromatic N) is 4. The van der Waals surface area contributed by atoms with Crippen LogP contribution in [-0.2, 0) is 12.7 Å². The molecular formula is C21H20F3N5. The molecule has 1 aliphatic heterocycles. The lowest BCUT2D eigenvalue weighted by Gasteiger charge is -2.26. The van der Waals surface area contributed by atoms with E-state index in [0.717, 1.165) is 49.3 Å². The number of aromatic nitrogens is 3. The second kappa shape index (κ2) is 7.79. The Labute approximate surface area is 166 Å². The van der Waals surface area contributed by atoms with Crippen molar-refractivity contribution in [3.05, 3.63) is 71.8 Å². The molecule has 0 saturated carbocycles. The Morgan fingerprint density at radius 2 is 1.79 bits per heavy atom. The number of likely N-dealkylation sites (tertiary alicyclic amines) is 1. The molecule has 8 heteroatoms. The van der Waals surface area contributed by atoms with Gasteiger partial charge in [-0.2, -0.15) is 13.2 Å². The summed E-state index contributed by atoms with van der Waals surface area (Å²) in [7, 11) is 0. The SMILES string of the molecule is Nc1ncc(-c2ccc(C(F)(F)F)cc2)c(C2CCCN2Cc2ccncc2)n1. The number of halogens is 3. The predicted octanol–water partition coefficient (Wildman–Crippen LogP) is 4.48. The molecule has 1 unspecified atom stereocenters. The van der Waals surface area contributed by atoms with Gasteiger partial charge in [-0.1, -0.05) is 12.1 Å². The highest BCUT2D eigenvalue weighted by Gasteiger charge is 2.32. The van der Waals surface area contributed by atoms with Crippen LogP contribution in [0, 0.1) is 0 Å². The molecule has 4 rings (SSSR count). The standard InChI is InChI=1S/C21H20F3N5/c22-21(23,24)16-5-3-15(4-6-16)17-12-27-20(25)28-19(17)18-2-1-11-29(18)13-14-7-9-26-10-8-14/h3-10,12,18H,1-2,11,13H2,(H2,25,27,28). The van der Waals surface area contributed by atoms with Crippen LogP contribution in [0.4, 0.5) is 19.1 Å². The molecule has 1 atom stereocenters. The maximum atomic E-state index is 12.9. The van der Waals surface area contributed by atoms with Gasteiger partial charge < -0.3 is 5.73 Å². The van der Waals surface area contributed by atoms with Gasteiger partial charge in [0, 0.05) is 30.7 Å². The third-order valence-corrected chi connectivity index (χ3v) is 5.17. The Morgan fingerprint density at radius 1 is 1.07 bits per heavy atom. The number of nitrogen functional groups attached to an aromatic ring is 1. The van der Waals surface area contributed by atoms with E-state index in [-0.39, 0.29) is 12.0 Å². The van der Waals surface area contributed by atoms with Gasteiger partial charge >= 0.3 is 6.18 Å². The van der Waals surface area contributed by atoms with Crippen molar-refractivity contribution in [3.8, 4) is 11.1 Å². The fourth-order valence-corrected chi connectivity index (χ4v) is 3.77. The van der Waals surface area contributed by atoms with E-state index in [1.807, 2.05) is 12.1 Å². The summed E-state index contributed by atoms with van der Waals surface area (Å²) in [6, 6.07) is 9.05. The number of rotatable bonds is 4. The molecule has 3 heterocycles. The van der Waals surface area contributed by atoms with Crippen molar-refractivity contribution in [3.63, 3.8) is 0 Å². The molecule has 0 amide bonds. The van der Waals surface area contributed by atoms with Gasteiger partial charge in [0.2, 0.25) is 5.95 Å². The lowest BCUT2D eigenvalue weighted by Crippen LogP contribution is -2.24. The van der Waals surface area contributed by atoms with Crippen LogP contribution in [0.5, 0.6) is 0 Å². The maximum Gasteiger partial charge on any atom is 0.416 e. The molecule has 1 saturated heterocycles. The quantitative estimate of drug-likeness (QED) is 0.701. The van der Waals surface area contributed by atoms with Crippen LogP contribution in [0.3, 0.4) is 0 Å². The summed E-state index contributed by atoms with van der Waals surface area (Å²) in [5.74, 6) is 0.159. The lowest BCUT2D eigenvalue weighted by molar-refractivity contribution is -0.137. The summed E-state index contributed by atoms with van der Waals surface area (Å²) in [6.45, 7) is 1.65. The van der Waals surface area contributed by atoms with E-state index in [9.17, 15) is 13.2 Å². The molecule has 0 bridgehead atoms. The molecule has 2 aromatic heterocycles. The second-order valence-corrected chi connectivity index (χ2v) is 7.09. The molecule has 0 radical (unpaired) electrons. The Morgan fingerprint density at radius 3 is 2.48 bits per heavy atom. The predicted molar refractivity (Wildman–Crippen MR) is 104 cm³/mol. The molecular weight excluding hydrogens is 379 g/mol. The monoisotopic (exact) mass is 399 g/mol. The first-order valence-corrected chi connectivity index (χ1v) is 9.35. The van der Waals surface area contributed by atoms with E-state index in [0.29, 0.717) is 11.1 Å². The van der Waals surface area contributed by atoms with Crippen LogP contribution in [0.2, 0.25) is 0 Å². The smallest absolute Gasteiger partial charge is 0.368 e. The normalized spacial score (nSPS) is 17.6. The Hall–Kier alpha value is -3.00. The van der Waals surface area contributed by atoms with Crippen LogP contribution in [0.15, 0.2) is 55.0 Å².